The molecule has 0 aliphatic carbocycles. The van der Waals surface area contributed by atoms with Crippen molar-refractivity contribution in [2.24, 2.45) is 5.92 Å². The maximum atomic E-state index is 12.2. The van der Waals surface area contributed by atoms with E-state index < -0.39 is 6.10 Å². The van der Waals surface area contributed by atoms with Gasteiger partial charge in [0.15, 0.2) is 0 Å². The molecule has 0 aliphatic rings. The van der Waals surface area contributed by atoms with Gasteiger partial charge >= 0.3 is 0 Å². The minimum Gasteiger partial charge on any atom is -0.371 e. The second-order valence-corrected chi connectivity index (χ2v) is 4.77. The molecular weight excluding hydrogens is 240 g/mol. The van der Waals surface area contributed by atoms with Gasteiger partial charge in [-0.25, -0.2) is 0 Å². The number of para-hydroxylation sites is 1. The molecule has 2 aromatic rings. The summed E-state index contributed by atoms with van der Waals surface area (Å²) in [7, 11) is 1.55. The molecular formula is C15H18N2O2. The van der Waals surface area contributed by atoms with E-state index in [0.29, 0.717) is 5.69 Å². The van der Waals surface area contributed by atoms with Gasteiger partial charge in [0.25, 0.3) is 5.91 Å². The summed E-state index contributed by atoms with van der Waals surface area (Å²) >= 11 is 0. The normalized spacial score (nSPS) is 12.6. The van der Waals surface area contributed by atoms with Crippen LogP contribution in [0.15, 0.2) is 36.5 Å². The summed E-state index contributed by atoms with van der Waals surface area (Å²) in [6.07, 6.45) is 1.26. The van der Waals surface area contributed by atoms with Gasteiger partial charge in [-0.15, -0.1) is 0 Å². The van der Waals surface area contributed by atoms with Crippen LogP contribution in [-0.4, -0.2) is 24.1 Å². The van der Waals surface area contributed by atoms with E-state index in [0.717, 1.165) is 10.9 Å². The number of benzene rings is 1. The summed E-state index contributed by atoms with van der Waals surface area (Å²) < 4.78 is 5.23. The lowest BCUT2D eigenvalue weighted by atomic mass is 10.1. The summed E-state index contributed by atoms with van der Waals surface area (Å²) in [5.74, 6) is -0.0245. The Kier molecular flexibility index (Phi) is 4.12. The van der Waals surface area contributed by atoms with E-state index in [4.69, 9.17) is 4.74 Å². The number of carbonyl (C=O) groups excluding carboxylic acids is 1. The van der Waals surface area contributed by atoms with Crippen LogP contribution in [0.2, 0.25) is 0 Å². The quantitative estimate of drug-likeness (QED) is 0.917. The van der Waals surface area contributed by atoms with E-state index >= 15 is 0 Å². The standard InChI is InChI=1S/C15H18N2O2/c1-10(2)14(19-3)15(18)17-12-8-4-6-11-7-5-9-16-13(11)12/h4-10,14H,1-3H3,(H,17,18)/t14-/m0/s1. The molecule has 0 fully saturated rings. The molecule has 0 aliphatic heterocycles. The highest BCUT2D eigenvalue weighted by molar-refractivity contribution is 6.01. The Balaban J connectivity index is 2.29. The number of pyridine rings is 1. The van der Waals surface area contributed by atoms with Gasteiger partial charge in [-0.1, -0.05) is 32.0 Å². The molecule has 1 amide bonds. The second-order valence-electron chi connectivity index (χ2n) is 4.77. The van der Waals surface area contributed by atoms with Crippen molar-refractivity contribution in [2.45, 2.75) is 20.0 Å². The van der Waals surface area contributed by atoms with E-state index in [1.807, 2.05) is 44.2 Å². The smallest absolute Gasteiger partial charge is 0.253 e. The van der Waals surface area contributed by atoms with E-state index in [9.17, 15) is 4.79 Å². The molecule has 100 valence electrons. The minimum absolute atomic E-state index is 0.118. The van der Waals surface area contributed by atoms with Crippen LogP contribution >= 0.6 is 0 Å². The molecule has 1 N–H and O–H groups in total. The SMILES string of the molecule is CO[C@H](C(=O)Nc1cccc2cccnc12)C(C)C. The maximum absolute atomic E-state index is 12.2. The number of hydrogen-bond acceptors (Lipinski definition) is 3. The summed E-state index contributed by atoms with van der Waals surface area (Å²) in [6, 6.07) is 9.56. The third-order valence-corrected chi connectivity index (χ3v) is 3.01. The number of fused-ring (bicyclic) bond motifs is 1. The predicted molar refractivity (Wildman–Crippen MR) is 76.0 cm³/mol. The molecule has 4 nitrogen and oxygen atoms in total. The molecule has 0 unspecified atom stereocenters. The van der Waals surface area contributed by atoms with Crippen molar-refractivity contribution in [3.05, 3.63) is 36.5 Å². The van der Waals surface area contributed by atoms with Crippen LogP contribution in [0.5, 0.6) is 0 Å². The number of nitrogens with one attached hydrogen (secondary N) is 1. The fraction of sp³-hybridized carbons (Fsp3) is 0.333. The van der Waals surface area contributed by atoms with Gasteiger partial charge in [-0.3, -0.25) is 9.78 Å². The fourth-order valence-electron chi connectivity index (χ4n) is 2.09. The summed E-state index contributed by atoms with van der Waals surface area (Å²) in [5.41, 5.74) is 1.50. The molecule has 0 saturated heterocycles. The monoisotopic (exact) mass is 258 g/mol. The maximum Gasteiger partial charge on any atom is 0.253 e. The fourth-order valence-corrected chi connectivity index (χ4v) is 2.09. The zero-order valence-electron chi connectivity index (χ0n) is 11.4. The zero-order valence-corrected chi connectivity index (χ0v) is 11.4. The second kappa shape index (κ2) is 5.80. The zero-order chi connectivity index (χ0) is 13.8. The summed E-state index contributed by atoms with van der Waals surface area (Å²) in [5, 5.41) is 3.89. The van der Waals surface area contributed by atoms with Crippen molar-refractivity contribution in [3.8, 4) is 0 Å². The van der Waals surface area contributed by atoms with Crippen molar-refractivity contribution < 1.29 is 9.53 Å². The number of aromatic nitrogens is 1. The summed E-state index contributed by atoms with van der Waals surface area (Å²) in [6.45, 7) is 3.91. The van der Waals surface area contributed by atoms with Crippen LogP contribution < -0.4 is 5.32 Å². The molecule has 0 saturated carbocycles. The van der Waals surface area contributed by atoms with Crippen LogP contribution in [-0.2, 0) is 9.53 Å². The van der Waals surface area contributed by atoms with Crippen LogP contribution in [0.3, 0.4) is 0 Å². The summed E-state index contributed by atoms with van der Waals surface area (Å²) in [4.78, 5) is 16.5. The Bertz CT molecular complexity index is 576. The first-order valence-corrected chi connectivity index (χ1v) is 6.31. The van der Waals surface area contributed by atoms with Gasteiger partial charge < -0.3 is 10.1 Å². The molecule has 4 heteroatoms. The minimum atomic E-state index is -0.459. The molecule has 0 radical (unpaired) electrons. The van der Waals surface area contributed by atoms with Crippen LogP contribution in [0.25, 0.3) is 10.9 Å². The van der Waals surface area contributed by atoms with Crippen LogP contribution in [0.1, 0.15) is 13.8 Å². The number of anilines is 1. The van der Waals surface area contributed by atoms with Crippen LogP contribution in [0, 0.1) is 5.92 Å². The highest BCUT2D eigenvalue weighted by Gasteiger charge is 2.22. The molecule has 1 aromatic heterocycles. The van der Waals surface area contributed by atoms with Crippen molar-refractivity contribution in [1.82, 2.24) is 4.98 Å². The Morgan fingerprint density at radius 3 is 2.68 bits per heavy atom. The molecule has 0 spiro atoms. The van der Waals surface area contributed by atoms with Crippen LogP contribution in [0.4, 0.5) is 5.69 Å². The van der Waals surface area contributed by atoms with E-state index in [1.165, 1.54) is 0 Å². The van der Waals surface area contributed by atoms with E-state index in [1.54, 1.807) is 13.3 Å². The Morgan fingerprint density at radius 1 is 1.26 bits per heavy atom. The average molecular weight is 258 g/mol. The topological polar surface area (TPSA) is 51.2 Å². The van der Waals surface area contributed by atoms with Crippen molar-refractivity contribution in [2.75, 3.05) is 12.4 Å². The molecule has 19 heavy (non-hydrogen) atoms. The van der Waals surface area contributed by atoms with Gasteiger partial charge in [0.1, 0.15) is 6.10 Å². The van der Waals surface area contributed by atoms with Gasteiger partial charge in [0.2, 0.25) is 0 Å². The third-order valence-electron chi connectivity index (χ3n) is 3.01. The number of rotatable bonds is 4. The van der Waals surface area contributed by atoms with Crippen molar-refractivity contribution in [3.63, 3.8) is 0 Å². The van der Waals surface area contributed by atoms with Crippen molar-refractivity contribution >= 4 is 22.5 Å². The number of nitrogens with zero attached hydrogens (tertiary/aromatic N) is 1. The highest BCUT2D eigenvalue weighted by atomic mass is 16.5. The first-order valence-electron chi connectivity index (χ1n) is 6.31. The number of carbonyl (C=O) groups is 1. The first-order chi connectivity index (χ1) is 9.13. The van der Waals surface area contributed by atoms with E-state index in [2.05, 4.69) is 10.3 Å². The highest BCUT2D eigenvalue weighted by Crippen LogP contribution is 2.21. The van der Waals surface area contributed by atoms with Gasteiger partial charge in [0.05, 0.1) is 11.2 Å². The number of amides is 1. The molecule has 1 aromatic carbocycles. The number of hydrogen-bond donors (Lipinski definition) is 1. The predicted octanol–water partition coefficient (Wildman–Crippen LogP) is 2.84. The van der Waals surface area contributed by atoms with Gasteiger partial charge in [0, 0.05) is 18.7 Å². The first kappa shape index (κ1) is 13.5. The Labute approximate surface area is 112 Å². The molecule has 1 atom stereocenters. The molecule has 1 heterocycles. The van der Waals surface area contributed by atoms with E-state index in [-0.39, 0.29) is 11.8 Å². The van der Waals surface area contributed by atoms with Gasteiger partial charge in [-0.05, 0) is 18.1 Å². The Hall–Kier alpha value is -1.94. The average Bonchev–Trinajstić information content (AvgIpc) is 2.39. The molecule has 0 bridgehead atoms. The lowest BCUT2D eigenvalue weighted by molar-refractivity contribution is -0.128. The molecule has 2 rings (SSSR count). The number of methoxy groups -OCH3 is 1. The Morgan fingerprint density at radius 2 is 2.00 bits per heavy atom. The lowest BCUT2D eigenvalue weighted by Crippen LogP contribution is -2.33. The third kappa shape index (κ3) is 2.90. The number of ether oxygens (including phenoxy) is 1. The largest absolute Gasteiger partial charge is 0.371 e. The van der Waals surface area contributed by atoms with Crippen molar-refractivity contribution in [1.29, 1.82) is 0 Å². The van der Waals surface area contributed by atoms with Gasteiger partial charge in [-0.2, -0.15) is 0 Å². The lowest BCUT2D eigenvalue weighted by Gasteiger charge is -2.18.